The second kappa shape index (κ2) is 12.1. The van der Waals surface area contributed by atoms with Gasteiger partial charge in [-0.3, -0.25) is 14.2 Å². The number of rotatable bonds is 9. The fourth-order valence-corrected chi connectivity index (χ4v) is 4.61. The van der Waals surface area contributed by atoms with Gasteiger partial charge in [-0.1, -0.05) is 47.1 Å². The monoisotopic (exact) mass is 559 g/mol. The molecular weight excluding hydrogens is 540 g/mol. The van der Waals surface area contributed by atoms with Gasteiger partial charge in [-0.05, 0) is 54.6 Å². The van der Waals surface area contributed by atoms with E-state index in [0.29, 0.717) is 33.1 Å². The lowest BCUT2D eigenvalue weighted by Crippen LogP contribution is -2.25. The van der Waals surface area contributed by atoms with E-state index in [1.165, 1.54) is 43.5 Å². The SMILES string of the molecule is COc1ccccc1-n1c(CNC(=O)c2ccc(Cl)cc2Cl)nnc1SCC(=O)Nc1ccc(F)cc1. The van der Waals surface area contributed by atoms with Gasteiger partial charge in [0.05, 0.1) is 35.7 Å². The van der Waals surface area contributed by atoms with Crippen molar-refractivity contribution in [2.24, 2.45) is 0 Å². The molecule has 0 radical (unpaired) electrons. The van der Waals surface area contributed by atoms with E-state index in [0.717, 1.165) is 11.8 Å². The van der Waals surface area contributed by atoms with Crippen LogP contribution in [0.25, 0.3) is 5.69 Å². The average molecular weight is 560 g/mol. The number of nitrogens with zero attached hydrogens (tertiary/aromatic N) is 3. The van der Waals surface area contributed by atoms with Crippen LogP contribution in [0.1, 0.15) is 16.2 Å². The molecule has 8 nitrogen and oxygen atoms in total. The lowest BCUT2D eigenvalue weighted by Gasteiger charge is -2.14. The van der Waals surface area contributed by atoms with Gasteiger partial charge >= 0.3 is 0 Å². The molecular formula is C25H20Cl2FN5O3S. The van der Waals surface area contributed by atoms with Crippen molar-refractivity contribution in [3.05, 3.63) is 94.0 Å². The van der Waals surface area contributed by atoms with Gasteiger partial charge in [0.15, 0.2) is 11.0 Å². The van der Waals surface area contributed by atoms with E-state index in [9.17, 15) is 14.0 Å². The molecule has 4 rings (SSSR count). The lowest BCUT2D eigenvalue weighted by molar-refractivity contribution is -0.113. The molecule has 0 saturated heterocycles. The summed E-state index contributed by atoms with van der Waals surface area (Å²) in [5, 5.41) is 15.0. The maximum atomic E-state index is 13.1. The van der Waals surface area contributed by atoms with Crippen LogP contribution in [0.3, 0.4) is 0 Å². The molecule has 190 valence electrons. The molecule has 0 aliphatic rings. The molecule has 2 N–H and O–H groups in total. The predicted molar refractivity (Wildman–Crippen MR) is 141 cm³/mol. The van der Waals surface area contributed by atoms with Crippen LogP contribution in [0.4, 0.5) is 10.1 Å². The standard InChI is InChI=1S/C25H20Cl2FN5O3S/c1-36-21-5-3-2-4-20(21)33-22(13-29-24(35)18-11-6-15(26)12-19(18)27)31-32-25(33)37-14-23(34)30-17-9-7-16(28)8-10-17/h2-12H,13-14H2,1H3,(H,29,35)(H,30,34). The maximum absolute atomic E-state index is 13.1. The van der Waals surface area contributed by atoms with Crippen molar-refractivity contribution in [2.75, 3.05) is 18.2 Å². The zero-order valence-corrected chi connectivity index (χ0v) is 21.7. The van der Waals surface area contributed by atoms with Crippen molar-refractivity contribution in [3.8, 4) is 11.4 Å². The third-order valence-electron chi connectivity index (χ3n) is 5.07. The Morgan fingerprint density at radius 2 is 1.81 bits per heavy atom. The number of ether oxygens (including phenoxy) is 1. The lowest BCUT2D eigenvalue weighted by atomic mass is 10.2. The maximum Gasteiger partial charge on any atom is 0.253 e. The number of benzene rings is 3. The topological polar surface area (TPSA) is 98.1 Å². The summed E-state index contributed by atoms with van der Waals surface area (Å²) in [7, 11) is 1.54. The van der Waals surface area contributed by atoms with E-state index >= 15 is 0 Å². The van der Waals surface area contributed by atoms with E-state index in [2.05, 4.69) is 20.8 Å². The summed E-state index contributed by atoms with van der Waals surface area (Å²) in [5.74, 6) is -0.146. The minimum absolute atomic E-state index is 0.0113. The Kier molecular flexibility index (Phi) is 8.65. The summed E-state index contributed by atoms with van der Waals surface area (Å²) in [4.78, 5) is 25.2. The molecule has 37 heavy (non-hydrogen) atoms. The minimum Gasteiger partial charge on any atom is -0.495 e. The predicted octanol–water partition coefficient (Wildman–Crippen LogP) is 5.38. The fraction of sp³-hybridized carbons (Fsp3) is 0.120. The first-order chi connectivity index (χ1) is 17.9. The largest absolute Gasteiger partial charge is 0.495 e. The summed E-state index contributed by atoms with van der Waals surface area (Å²) in [6.45, 7) is 0.0190. The Morgan fingerprint density at radius 1 is 1.05 bits per heavy atom. The van der Waals surface area contributed by atoms with E-state index in [-0.39, 0.29) is 28.8 Å². The third kappa shape index (κ3) is 6.59. The zero-order chi connectivity index (χ0) is 26.4. The van der Waals surface area contributed by atoms with Gasteiger partial charge in [0.1, 0.15) is 11.6 Å². The number of nitrogens with one attached hydrogen (secondary N) is 2. The first kappa shape index (κ1) is 26.5. The quantitative estimate of drug-likeness (QED) is 0.267. The van der Waals surface area contributed by atoms with Crippen molar-refractivity contribution < 1.29 is 18.7 Å². The highest BCUT2D eigenvalue weighted by Gasteiger charge is 2.20. The van der Waals surface area contributed by atoms with Crippen molar-refractivity contribution in [1.82, 2.24) is 20.1 Å². The van der Waals surface area contributed by atoms with Gasteiger partial charge in [0.25, 0.3) is 5.91 Å². The number of carbonyl (C=O) groups is 2. The van der Waals surface area contributed by atoms with Crippen molar-refractivity contribution >= 4 is 52.5 Å². The minimum atomic E-state index is -0.413. The number of hydrogen-bond acceptors (Lipinski definition) is 6. The molecule has 0 aliphatic carbocycles. The molecule has 0 aliphatic heterocycles. The second-order valence-electron chi connectivity index (χ2n) is 7.56. The molecule has 1 heterocycles. The summed E-state index contributed by atoms with van der Waals surface area (Å²) in [5.41, 5.74) is 1.37. The van der Waals surface area contributed by atoms with E-state index in [1.54, 1.807) is 16.7 Å². The average Bonchev–Trinajstić information content (AvgIpc) is 3.30. The van der Waals surface area contributed by atoms with Crippen molar-refractivity contribution in [2.45, 2.75) is 11.7 Å². The Bertz CT molecular complexity index is 1430. The number of thioether (sulfide) groups is 1. The third-order valence-corrected chi connectivity index (χ3v) is 6.55. The van der Waals surface area contributed by atoms with Crippen LogP contribution in [-0.4, -0.2) is 39.4 Å². The molecule has 0 saturated carbocycles. The number of methoxy groups -OCH3 is 1. The van der Waals surface area contributed by atoms with Gasteiger partial charge in [-0.25, -0.2) is 4.39 Å². The van der Waals surface area contributed by atoms with E-state index < -0.39 is 11.7 Å². The van der Waals surface area contributed by atoms with Crippen molar-refractivity contribution in [1.29, 1.82) is 0 Å². The number of carbonyl (C=O) groups excluding carboxylic acids is 2. The van der Waals surface area contributed by atoms with Gasteiger partial charge in [0, 0.05) is 10.7 Å². The van der Waals surface area contributed by atoms with Crippen LogP contribution in [0.5, 0.6) is 5.75 Å². The van der Waals surface area contributed by atoms with E-state index in [1.807, 2.05) is 18.2 Å². The highest BCUT2D eigenvalue weighted by atomic mass is 35.5. The first-order valence-corrected chi connectivity index (χ1v) is 12.6. The van der Waals surface area contributed by atoms with Crippen molar-refractivity contribution in [3.63, 3.8) is 0 Å². The molecule has 0 unspecified atom stereocenters. The Balaban J connectivity index is 1.54. The molecule has 0 fully saturated rings. The molecule has 0 bridgehead atoms. The first-order valence-electron chi connectivity index (χ1n) is 10.8. The second-order valence-corrected chi connectivity index (χ2v) is 9.34. The van der Waals surface area contributed by atoms with Crippen LogP contribution in [-0.2, 0) is 11.3 Å². The Morgan fingerprint density at radius 3 is 2.54 bits per heavy atom. The van der Waals surface area contributed by atoms with Crippen LogP contribution < -0.4 is 15.4 Å². The van der Waals surface area contributed by atoms with Crippen LogP contribution >= 0.6 is 35.0 Å². The Labute approximate surface area is 226 Å². The summed E-state index contributed by atoms with van der Waals surface area (Å²) in [6, 6.07) is 17.3. The van der Waals surface area contributed by atoms with E-state index in [4.69, 9.17) is 27.9 Å². The van der Waals surface area contributed by atoms with Gasteiger partial charge in [-0.15, -0.1) is 10.2 Å². The molecule has 0 spiro atoms. The smallest absolute Gasteiger partial charge is 0.253 e. The van der Waals surface area contributed by atoms with Crippen LogP contribution in [0, 0.1) is 5.82 Å². The van der Waals surface area contributed by atoms with Gasteiger partial charge in [0.2, 0.25) is 5.91 Å². The molecule has 0 atom stereocenters. The molecule has 1 aromatic heterocycles. The van der Waals surface area contributed by atoms with Crippen LogP contribution in [0.2, 0.25) is 10.0 Å². The van der Waals surface area contributed by atoms with Gasteiger partial charge < -0.3 is 15.4 Å². The number of amides is 2. The summed E-state index contributed by atoms with van der Waals surface area (Å²) < 4.78 is 20.3. The number of hydrogen-bond donors (Lipinski definition) is 2. The molecule has 2 amide bonds. The number of anilines is 1. The highest BCUT2D eigenvalue weighted by molar-refractivity contribution is 7.99. The summed E-state index contributed by atoms with van der Waals surface area (Å²) in [6.07, 6.45) is 0. The zero-order valence-electron chi connectivity index (χ0n) is 19.4. The number of aromatic nitrogens is 3. The molecule has 4 aromatic rings. The highest BCUT2D eigenvalue weighted by Crippen LogP contribution is 2.29. The number of halogens is 3. The summed E-state index contributed by atoms with van der Waals surface area (Å²) >= 11 is 13.2. The van der Waals surface area contributed by atoms with Crippen LogP contribution in [0.15, 0.2) is 71.9 Å². The number of para-hydroxylation sites is 2. The Hall–Kier alpha value is -3.60. The molecule has 3 aromatic carbocycles. The fourth-order valence-electron chi connectivity index (χ4n) is 3.35. The van der Waals surface area contributed by atoms with Gasteiger partial charge in [-0.2, -0.15) is 0 Å². The molecule has 12 heteroatoms. The normalized spacial score (nSPS) is 10.7.